The van der Waals surface area contributed by atoms with E-state index in [4.69, 9.17) is 14.6 Å². The Morgan fingerprint density at radius 3 is 2.79 bits per heavy atom. The van der Waals surface area contributed by atoms with Gasteiger partial charge in [0.15, 0.2) is 5.65 Å². The maximum Gasteiger partial charge on any atom is 0.319 e. The molecule has 3 aromatic rings. The SMILES string of the molecule is COC(=O)CN1[C@H]2CC[C@@H]1c1cnc3cc(-c4ccc(OC)cc4)nn3c1C2. The number of hydrogen-bond donors (Lipinski definition) is 0. The Morgan fingerprint density at radius 2 is 2.04 bits per heavy atom. The molecule has 0 aliphatic carbocycles. The van der Waals surface area contributed by atoms with Gasteiger partial charge in [0.2, 0.25) is 0 Å². The van der Waals surface area contributed by atoms with E-state index in [0.29, 0.717) is 12.6 Å². The molecule has 5 rings (SSSR count). The minimum Gasteiger partial charge on any atom is -0.497 e. The molecule has 1 aromatic carbocycles. The molecule has 0 saturated carbocycles. The van der Waals surface area contributed by atoms with Crippen LogP contribution in [0.3, 0.4) is 0 Å². The van der Waals surface area contributed by atoms with Crippen molar-refractivity contribution in [2.24, 2.45) is 0 Å². The van der Waals surface area contributed by atoms with Crippen LogP contribution in [-0.2, 0) is 16.0 Å². The number of hydrogen-bond acceptors (Lipinski definition) is 6. The maximum atomic E-state index is 11.8. The molecule has 0 N–H and O–H groups in total. The van der Waals surface area contributed by atoms with Gasteiger partial charge in [0, 0.05) is 41.9 Å². The van der Waals surface area contributed by atoms with Crippen LogP contribution >= 0.6 is 0 Å². The number of fused-ring (bicyclic) bond motifs is 6. The highest BCUT2D eigenvalue weighted by molar-refractivity contribution is 5.72. The fourth-order valence-corrected chi connectivity index (χ4v) is 4.55. The third-order valence-electron chi connectivity index (χ3n) is 5.97. The van der Waals surface area contributed by atoms with Gasteiger partial charge in [-0.15, -0.1) is 0 Å². The van der Waals surface area contributed by atoms with Gasteiger partial charge in [-0.05, 0) is 37.1 Å². The molecule has 4 heterocycles. The summed E-state index contributed by atoms with van der Waals surface area (Å²) in [5.41, 5.74) is 5.16. The quantitative estimate of drug-likeness (QED) is 0.650. The Hall–Kier alpha value is -2.93. The lowest BCUT2D eigenvalue weighted by molar-refractivity contribution is -0.142. The highest BCUT2D eigenvalue weighted by atomic mass is 16.5. The van der Waals surface area contributed by atoms with Crippen LogP contribution in [-0.4, -0.2) is 52.3 Å². The Bertz CT molecular complexity index is 1040. The minimum absolute atomic E-state index is 0.185. The van der Waals surface area contributed by atoms with Gasteiger partial charge in [0.25, 0.3) is 0 Å². The lowest BCUT2D eigenvalue weighted by Gasteiger charge is -2.35. The topological polar surface area (TPSA) is 69.0 Å². The number of rotatable bonds is 4. The number of ether oxygens (including phenoxy) is 2. The largest absolute Gasteiger partial charge is 0.497 e. The smallest absolute Gasteiger partial charge is 0.319 e. The highest BCUT2D eigenvalue weighted by Crippen LogP contribution is 2.43. The number of carbonyl (C=O) groups excluding carboxylic acids is 1. The summed E-state index contributed by atoms with van der Waals surface area (Å²) in [6.45, 7) is 0.333. The average Bonchev–Trinajstić information content (AvgIpc) is 3.28. The van der Waals surface area contributed by atoms with E-state index in [0.717, 1.165) is 41.9 Å². The number of carbonyl (C=O) groups is 1. The van der Waals surface area contributed by atoms with E-state index in [1.807, 2.05) is 41.0 Å². The molecule has 0 spiro atoms. The van der Waals surface area contributed by atoms with Crippen molar-refractivity contribution >= 4 is 11.6 Å². The standard InChI is InChI=1S/C21H22N4O3/c1-27-15-6-3-13(4-7-15)17-10-20-22-11-16-18-8-5-14(9-19(16)25(20)23-17)24(18)12-21(26)28-2/h3-4,6-7,10-11,14,18H,5,8-9,12H2,1-2H3/t14-,18+/m0/s1. The van der Waals surface area contributed by atoms with Gasteiger partial charge in [0.1, 0.15) is 5.75 Å². The lowest BCUT2D eigenvalue weighted by Crippen LogP contribution is -2.41. The summed E-state index contributed by atoms with van der Waals surface area (Å²) in [5, 5.41) is 4.85. The molecule has 0 radical (unpaired) electrons. The zero-order chi connectivity index (χ0) is 19.3. The number of esters is 1. The van der Waals surface area contributed by atoms with Crippen molar-refractivity contribution in [2.75, 3.05) is 20.8 Å². The molecule has 2 bridgehead atoms. The third-order valence-corrected chi connectivity index (χ3v) is 5.97. The number of methoxy groups -OCH3 is 2. The van der Waals surface area contributed by atoms with Crippen LogP contribution in [0.25, 0.3) is 16.9 Å². The predicted molar refractivity (Wildman–Crippen MR) is 103 cm³/mol. The highest BCUT2D eigenvalue weighted by Gasteiger charge is 2.42. The zero-order valence-corrected chi connectivity index (χ0v) is 16.0. The van der Waals surface area contributed by atoms with Crippen LogP contribution in [0, 0.1) is 0 Å². The molecule has 28 heavy (non-hydrogen) atoms. The van der Waals surface area contributed by atoms with E-state index in [-0.39, 0.29) is 12.0 Å². The summed E-state index contributed by atoms with van der Waals surface area (Å²) in [6, 6.07) is 10.5. The van der Waals surface area contributed by atoms with Gasteiger partial charge in [-0.2, -0.15) is 5.10 Å². The molecular formula is C21H22N4O3. The summed E-state index contributed by atoms with van der Waals surface area (Å²) < 4.78 is 12.1. The monoisotopic (exact) mass is 378 g/mol. The van der Waals surface area contributed by atoms with E-state index >= 15 is 0 Å². The first kappa shape index (κ1) is 17.2. The molecule has 2 aromatic heterocycles. The van der Waals surface area contributed by atoms with Crippen molar-refractivity contribution in [2.45, 2.75) is 31.3 Å². The van der Waals surface area contributed by atoms with E-state index in [9.17, 15) is 4.79 Å². The molecule has 2 atom stereocenters. The molecular weight excluding hydrogens is 356 g/mol. The first-order valence-corrected chi connectivity index (χ1v) is 9.52. The zero-order valence-electron chi connectivity index (χ0n) is 16.0. The fraction of sp³-hybridized carbons (Fsp3) is 0.381. The van der Waals surface area contributed by atoms with Crippen LogP contribution < -0.4 is 4.74 Å². The van der Waals surface area contributed by atoms with Crippen LogP contribution in [0.2, 0.25) is 0 Å². The number of aromatic nitrogens is 3. The molecule has 7 heteroatoms. The van der Waals surface area contributed by atoms with Crippen LogP contribution in [0.15, 0.2) is 36.5 Å². The summed E-state index contributed by atoms with van der Waals surface area (Å²) in [6.07, 6.45) is 4.94. The van der Waals surface area contributed by atoms with E-state index < -0.39 is 0 Å². The van der Waals surface area contributed by atoms with Gasteiger partial charge in [0.05, 0.1) is 32.2 Å². The summed E-state index contributed by atoms with van der Waals surface area (Å²) in [5.74, 6) is 0.639. The second-order valence-corrected chi connectivity index (χ2v) is 7.39. The van der Waals surface area contributed by atoms with Crippen LogP contribution in [0.1, 0.15) is 30.1 Å². The van der Waals surface area contributed by atoms with Gasteiger partial charge in [-0.1, -0.05) is 0 Å². The number of nitrogens with zero attached hydrogens (tertiary/aromatic N) is 4. The van der Waals surface area contributed by atoms with Gasteiger partial charge >= 0.3 is 5.97 Å². The Kier molecular flexibility index (Phi) is 4.05. The van der Waals surface area contributed by atoms with Gasteiger partial charge in [-0.25, -0.2) is 9.50 Å². The van der Waals surface area contributed by atoms with Crippen molar-refractivity contribution in [1.82, 2.24) is 19.5 Å². The van der Waals surface area contributed by atoms with Crippen molar-refractivity contribution < 1.29 is 14.3 Å². The summed E-state index contributed by atoms with van der Waals surface area (Å²) >= 11 is 0. The van der Waals surface area contributed by atoms with Crippen molar-refractivity contribution in [3.63, 3.8) is 0 Å². The van der Waals surface area contributed by atoms with E-state index in [2.05, 4.69) is 9.88 Å². The van der Waals surface area contributed by atoms with Gasteiger partial charge < -0.3 is 9.47 Å². The van der Waals surface area contributed by atoms with E-state index in [1.54, 1.807) is 7.11 Å². The van der Waals surface area contributed by atoms with Crippen molar-refractivity contribution in [1.29, 1.82) is 0 Å². The van der Waals surface area contributed by atoms with Gasteiger partial charge in [-0.3, -0.25) is 9.69 Å². The van der Waals surface area contributed by atoms with Crippen molar-refractivity contribution in [3.8, 4) is 17.0 Å². The summed E-state index contributed by atoms with van der Waals surface area (Å²) in [7, 11) is 3.10. The predicted octanol–water partition coefficient (Wildman–Crippen LogP) is 2.64. The normalized spacial score (nSPS) is 20.9. The Balaban J connectivity index is 1.53. The Labute approximate surface area is 162 Å². The van der Waals surface area contributed by atoms with Crippen LogP contribution in [0.4, 0.5) is 0 Å². The first-order valence-electron chi connectivity index (χ1n) is 9.52. The first-order chi connectivity index (χ1) is 13.7. The molecule has 1 saturated heterocycles. The molecule has 0 unspecified atom stereocenters. The molecule has 1 fully saturated rings. The van der Waals surface area contributed by atoms with Crippen LogP contribution in [0.5, 0.6) is 5.75 Å². The average molecular weight is 378 g/mol. The lowest BCUT2D eigenvalue weighted by atomic mass is 9.99. The molecule has 2 aliphatic rings. The molecule has 2 aliphatic heterocycles. The third kappa shape index (κ3) is 2.65. The van der Waals surface area contributed by atoms with E-state index in [1.165, 1.54) is 18.4 Å². The molecule has 144 valence electrons. The Morgan fingerprint density at radius 1 is 1.21 bits per heavy atom. The molecule has 0 amide bonds. The summed E-state index contributed by atoms with van der Waals surface area (Å²) in [4.78, 5) is 18.7. The second kappa shape index (κ2) is 6.60. The minimum atomic E-state index is -0.185. The fourth-order valence-electron chi connectivity index (χ4n) is 4.55. The van der Waals surface area contributed by atoms with Crippen molar-refractivity contribution in [3.05, 3.63) is 47.8 Å². The molecule has 7 nitrogen and oxygen atoms in total. The second-order valence-electron chi connectivity index (χ2n) is 7.39. The maximum absolute atomic E-state index is 11.8. The number of benzene rings is 1.